The van der Waals surface area contributed by atoms with E-state index in [1.165, 1.54) is 6.07 Å². The quantitative estimate of drug-likeness (QED) is 0.860. The maximum atomic E-state index is 13.4. The first-order valence-electron chi connectivity index (χ1n) is 5.06. The number of hydrogen-bond donors (Lipinski definition) is 1. The van der Waals surface area contributed by atoms with E-state index in [4.69, 9.17) is 11.6 Å². The summed E-state index contributed by atoms with van der Waals surface area (Å²) in [4.78, 5) is 14.6. The first kappa shape index (κ1) is 13.4. The number of halogens is 4. The molecule has 0 bridgehead atoms. The van der Waals surface area contributed by atoms with E-state index in [2.05, 4.69) is 10.3 Å². The molecular weight excluding hydrogens is 281 g/mol. The molecule has 98 valence electrons. The maximum Gasteiger partial charge on any atom is 0.258 e. The summed E-state index contributed by atoms with van der Waals surface area (Å²) in [6, 6.07) is 5.23. The van der Waals surface area contributed by atoms with Gasteiger partial charge in [-0.25, -0.2) is 4.39 Å². The van der Waals surface area contributed by atoms with Crippen molar-refractivity contribution in [2.75, 3.05) is 5.32 Å². The predicted octanol–water partition coefficient (Wildman–Crippen LogP) is 3.40. The van der Waals surface area contributed by atoms with Crippen LogP contribution in [0.15, 0.2) is 30.3 Å². The summed E-state index contributed by atoms with van der Waals surface area (Å²) < 4.78 is 39.2. The van der Waals surface area contributed by atoms with Crippen molar-refractivity contribution in [1.82, 2.24) is 4.98 Å². The first-order valence-corrected chi connectivity index (χ1v) is 5.43. The van der Waals surface area contributed by atoms with Crippen molar-refractivity contribution in [3.8, 4) is 0 Å². The summed E-state index contributed by atoms with van der Waals surface area (Å²) in [6.45, 7) is 0. The number of nitrogens with zero attached hydrogens (tertiary/aromatic N) is 1. The smallest absolute Gasteiger partial charge is 0.258 e. The normalized spacial score (nSPS) is 10.3. The summed E-state index contributed by atoms with van der Waals surface area (Å²) in [5.74, 6) is -3.94. The van der Waals surface area contributed by atoms with Crippen LogP contribution < -0.4 is 5.32 Å². The minimum atomic E-state index is -1.20. The number of anilines is 1. The average Bonchev–Trinajstić information content (AvgIpc) is 2.35. The third-order valence-corrected chi connectivity index (χ3v) is 2.47. The van der Waals surface area contributed by atoms with E-state index in [9.17, 15) is 18.0 Å². The Kier molecular flexibility index (Phi) is 3.71. The molecule has 0 unspecified atom stereocenters. The van der Waals surface area contributed by atoms with Crippen LogP contribution in [0.3, 0.4) is 0 Å². The number of carbonyl (C=O) groups excluding carboxylic acids is 1. The molecule has 1 aromatic carbocycles. The third-order valence-electron chi connectivity index (χ3n) is 2.24. The van der Waals surface area contributed by atoms with E-state index < -0.39 is 23.6 Å². The molecule has 2 aromatic rings. The van der Waals surface area contributed by atoms with Gasteiger partial charge in [0, 0.05) is 5.02 Å². The lowest BCUT2D eigenvalue weighted by atomic mass is 10.2. The Balaban J connectivity index is 2.28. The molecule has 0 aliphatic heterocycles. The monoisotopic (exact) mass is 286 g/mol. The van der Waals surface area contributed by atoms with Crippen LogP contribution in [0.25, 0.3) is 0 Å². The van der Waals surface area contributed by atoms with E-state index in [1.807, 2.05) is 0 Å². The SMILES string of the molecule is O=C(Nc1ccc(F)nc1F)c1cc(Cl)ccc1F. The lowest BCUT2D eigenvalue weighted by Gasteiger charge is -2.07. The summed E-state index contributed by atoms with van der Waals surface area (Å²) in [6.07, 6.45) is 0. The number of pyridine rings is 1. The van der Waals surface area contributed by atoms with Crippen molar-refractivity contribution in [3.63, 3.8) is 0 Å². The number of benzene rings is 1. The van der Waals surface area contributed by atoms with Gasteiger partial charge in [-0.2, -0.15) is 13.8 Å². The molecule has 1 heterocycles. The number of carbonyl (C=O) groups is 1. The highest BCUT2D eigenvalue weighted by molar-refractivity contribution is 6.31. The highest BCUT2D eigenvalue weighted by atomic mass is 35.5. The Hall–Kier alpha value is -2.08. The van der Waals surface area contributed by atoms with Gasteiger partial charge in [0.25, 0.3) is 5.91 Å². The highest BCUT2D eigenvalue weighted by Crippen LogP contribution is 2.18. The van der Waals surface area contributed by atoms with Gasteiger partial charge in [-0.05, 0) is 30.3 Å². The Labute approximate surface area is 111 Å². The van der Waals surface area contributed by atoms with E-state index in [0.29, 0.717) is 0 Å². The van der Waals surface area contributed by atoms with Crippen LogP contribution in [-0.2, 0) is 0 Å². The van der Waals surface area contributed by atoms with Crippen molar-refractivity contribution in [2.45, 2.75) is 0 Å². The molecule has 7 heteroatoms. The zero-order chi connectivity index (χ0) is 14.0. The van der Waals surface area contributed by atoms with Gasteiger partial charge in [-0.3, -0.25) is 4.79 Å². The third kappa shape index (κ3) is 3.03. The van der Waals surface area contributed by atoms with Gasteiger partial charge in [0.05, 0.1) is 11.3 Å². The Bertz CT molecular complexity index is 649. The minimum Gasteiger partial charge on any atom is -0.318 e. The zero-order valence-corrected chi connectivity index (χ0v) is 10.0. The molecule has 1 aromatic heterocycles. The number of aromatic nitrogens is 1. The zero-order valence-electron chi connectivity index (χ0n) is 9.25. The highest BCUT2D eigenvalue weighted by Gasteiger charge is 2.15. The van der Waals surface area contributed by atoms with Crippen LogP contribution in [0, 0.1) is 17.7 Å². The Morgan fingerprint density at radius 3 is 2.58 bits per heavy atom. The molecule has 0 fully saturated rings. The van der Waals surface area contributed by atoms with Gasteiger partial charge in [-0.1, -0.05) is 11.6 Å². The van der Waals surface area contributed by atoms with Crippen molar-refractivity contribution in [3.05, 3.63) is 58.6 Å². The van der Waals surface area contributed by atoms with E-state index in [-0.39, 0.29) is 16.3 Å². The number of rotatable bonds is 2. The fourth-order valence-corrected chi connectivity index (χ4v) is 1.54. The molecule has 0 spiro atoms. The predicted molar refractivity (Wildman–Crippen MR) is 63.5 cm³/mol. The van der Waals surface area contributed by atoms with Crippen LogP contribution in [-0.4, -0.2) is 10.9 Å². The molecule has 0 atom stereocenters. The second-order valence-electron chi connectivity index (χ2n) is 3.55. The van der Waals surface area contributed by atoms with Gasteiger partial charge in [0.15, 0.2) is 0 Å². The summed E-state index contributed by atoms with van der Waals surface area (Å²) in [7, 11) is 0. The molecule has 1 amide bonds. The minimum absolute atomic E-state index is 0.157. The van der Waals surface area contributed by atoms with Gasteiger partial charge in [0.2, 0.25) is 11.9 Å². The fraction of sp³-hybridized carbons (Fsp3) is 0. The van der Waals surface area contributed by atoms with Gasteiger partial charge < -0.3 is 5.32 Å². The molecule has 3 nitrogen and oxygen atoms in total. The molecule has 0 aliphatic rings. The molecule has 0 aliphatic carbocycles. The first-order chi connectivity index (χ1) is 8.97. The fourth-order valence-electron chi connectivity index (χ4n) is 1.37. The molecule has 19 heavy (non-hydrogen) atoms. The maximum absolute atomic E-state index is 13.4. The summed E-state index contributed by atoms with van der Waals surface area (Å²) in [5, 5.41) is 2.24. The standard InChI is InChI=1S/C12H6ClF3N2O/c13-6-1-2-8(14)7(5-6)12(19)17-9-3-4-10(15)18-11(9)16/h1-5H,(H,17,19). The van der Waals surface area contributed by atoms with Crippen molar-refractivity contribution in [1.29, 1.82) is 0 Å². The number of hydrogen-bond acceptors (Lipinski definition) is 2. The molecular formula is C12H6ClF3N2O. The van der Waals surface area contributed by atoms with Gasteiger partial charge in [0.1, 0.15) is 5.82 Å². The van der Waals surface area contributed by atoms with Gasteiger partial charge >= 0.3 is 0 Å². The molecule has 0 saturated heterocycles. The van der Waals surface area contributed by atoms with Crippen LogP contribution in [0.2, 0.25) is 5.02 Å². The van der Waals surface area contributed by atoms with E-state index >= 15 is 0 Å². The molecule has 0 saturated carbocycles. The summed E-state index contributed by atoms with van der Waals surface area (Å²) in [5.41, 5.74) is -0.706. The largest absolute Gasteiger partial charge is 0.318 e. The Morgan fingerprint density at radius 1 is 1.16 bits per heavy atom. The summed E-state index contributed by atoms with van der Waals surface area (Å²) >= 11 is 5.63. The van der Waals surface area contributed by atoms with Crippen molar-refractivity contribution in [2.24, 2.45) is 0 Å². The van der Waals surface area contributed by atoms with Crippen LogP contribution in [0.4, 0.5) is 18.9 Å². The topological polar surface area (TPSA) is 42.0 Å². The lowest BCUT2D eigenvalue weighted by molar-refractivity contribution is 0.102. The molecule has 2 rings (SSSR count). The number of amides is 1. The van der Waals surface area contributed by atoms with Crippen molar-refractivity contribution < 1.29 is 18.0 Å². The second-order valence-corrected chi connectivity index (χ2v) is 3.99. The molecule has 1 N–H and O–H groups in total. The Morgan fingerprint density at radius 2 is 1.89 bits per heavy atom. The van der Waals surface area contributed by atoms with Crippen LogP contribution >= 0.6 is 11.6 Å². The van der Waals surface area contributed by atoms with E-state index in [0.717, 1.165) is 24.3 Å². The number of nitrogens with one attached hydrogen (secondary N) is 1. The van der Waals surface area contributed by atoms with Crippen molar-refractivity contribution >= 4 is 23.2 Å². The molecule has 0 radical (unpaired) electrons. The average molecular weight is 287 g/mol. The van der Waals surface area contributed by atoms with Gasteiger partial charge in [-0.15, -0.1) is 0 Å². The lowest BCUT2D eigenvalue weighted by Crippen LogP contribution is -2.15. The van der Waals surface area contributed by atoms with Crippen LogP contribution in [0.1, 0.15) is 10.4 Å². The second kappa shape index (κ2) is 5.27. The van der Waals surface area contributed by atoms with E-state index in [1.54, 1.807) is 0 Å². The van der Waals surface area contributed by atoms with Crippen LogP contribution in [0.5, 0.6) is 0 Å².